The molecule has 0 saturated carbocycles. The van der Waals surface area contributed by atoms with Gasteiger partial charge in [-0.1, -0.05) is 25.4 Å². The number of rotatable bonds is 9. The summed E-state index contributed by atoms with van der Waals surface area (Å²) in [5, 5.41) is 12.1. The quantitative estimate of drug-likeness (QED) is 0.492. The number of fused-ring (bicyclic) bond motifs is 1. The van der Waals surface area contributed by atoms with Gasteiger partial charge >= 0.3 is 5.97 Å². The van der Waals surface area contributed by atoms with E-state index in [1.807, 2.05) is 0 Å². The molecule has 8 nitrogen and oxygen atoms in total. The monoisotopic (exact) mass is 457 g/mol. The van der Waals surface area contributed by atoms with Gasteiger partial charge in [0.2, 0.25) is 0 Å². The number of benzene rings is 1. The summed E-state index contributed by atoms with van der Waals surface area (Å²) in [6.07, 6.45) is 0. The number of aliphatic carboxylic acids is 1. The van der Waals surface area contributed by atoms with Crippen molar-refractivity contribution < 1.29 is 33.1 Å². The van der Waals surface area contributed by atoms with Crippen LogP contribution in [0.2, 0.25) is 5.02 Å². The molecule has 1 aromatic heterocycles. The molecule has 0 aliphatic carbocycles. The third-order valence-electron chi connectivity index (χ3n) is 5.01. The second-order valence-electron chi connectivity index (χ2n) is 7.42. The number of nitrogens with one attached hydrogen (secondary N) is 1. The molecule has 1 amide bonds. The molecule has 168 valence electrons. The Balaban J connectivity index is 2.42. The molecule has 0 radical (unpaired) electrons. The first kappa shape index (κ1) is 24.4. The Bertz CT molecular complexity index is 1050. The summed E-state index contributed by atoms with van der Waals surface area (Å²) >= 11 is 6.26. The third-order valence-corrected chi connectivity index (χ3v) is 5.39. The number of carboxylic acid groups (broad SMARTS) is 1. The first-order chi connectivity index (χ1) is 14.4. The number of amides is 1. The number of carbonyl (C=O) groups excluding carboxylic acids is 3. The largest absolute Gasteiger partial charge is 0.481 e. The summed E-state index contributed by atoms with van der Waals surface area (Å²) in [5.41, 5.74) is 5.89. The lowest BCUT2D eigenvalue weighted by atomic mass is 9.85. The molecular weight excluding hydrogens is 436 g/mol. The van der Waals surface area contributed by atoms with Crippen LogP contribution in [0.1, 0.15) is 24.3 Å². The van der Waals surface area contributed by atoms with Crippen LogP contribution in [0.25, 0.3) is 10.9 Å². The molecule has 0 fully saturated rings. The van der Waals surface area contributed by atoms with Crippen LogP contribution < -0.4 is 11.1 Å². The predicted octanol–water partition coefficient (Wildman–Crippen LogP) is 1.86. The van der Waals surface area contributed by atoms with Crippen molar-refractivity contribution in [1.82, 2.24) is 9.88 Å². The number of hydrogen-bond donors (Lipinski definition) is 3. The number of carbonyl (C=O) groups is 4. The van der Waals surface area contributed by atoms with Gasteiger partial charge in [0.05, 0.1) is 22.6 Å². The minimum Gasteiger partial charge on any atom is -0.481 e. The van der Waals surface area contributed by atoms with Gasteiger partial charge in [-0.25, -0.2) is 8.78 Å². The van der Waals surface area contributed by atoms with Crippen molar-refractivity contribution in [2.24, 2.45) is 24.6 Å². The Morgan fingerprint density at radius 2 is 1.87 bits per heavy atom. The molecule has 0 bridgehead atoms. The van der Waals surface area contributed by atoms with E-state index in [9.17, 15) is 33.1 Å². The van der Waals surface area contributed by atoms with Gasteiger partial charge in [0.15, 0.2) is 11.6 Å². The van der Waals surface area contributed by atoms with Crippen molar-refractivity contribution in [3.05, 3.63) is 34.7 Å². The average Bonchev–Trinajstić information content (AvgIpc) is 2.94. The molecule has 4 N–H and O–H groups in total. The molecule has 3 atom stereocenters. The molecule has 2 rings (SSSR count). The highest BCUT2D eigenvalue weighted by Gasteiger charge is 2.41. The van der Waals surface area contributed by atoms with Gasteiger partial charge in [0, 0.05) is 12.4 Å². The molecule has 31 heavy (non-hydrogen) atoms. The van der Waals surface area contributed by atoms with Gasteiger partial charge in [-0.15, -0.1) is 0 Å². The zero-order valence-corrected chi connectivity index (χ0v) is 17.7. The maximum Gasteiger partial charge on any atom is 0.316 e. The SMILES string of the molecule is CC(C)[C@H](NC(=O)c1c(Cl)c2cc(F)ccc2n1C)C(=O)C(C(=O)O)C(N)C(=O)CF. The Labute approximate surface area is 181 Å². The molecule has 0 aliphatic heterocycles. The number of nitrogens with two attached hydrogens (primary N) is 1. The number of nitrogens with zero attached hydrogens (tertiary/aromatic N) is 1. The summed E-state index contributed by atoms with van der Waals surface area (Å²) in [7, 11) is 1.52. The van der Waals surface area contributed by atoms with Crippen molar-refractivity contribution in [2.75, 3.05) is 6.67 Å². The third kappa shape index (κ3) is 4.75. The predicted molar refractivity (Wildman–Crippen MR) is 109 cm³/mol. The van der Waals surface area contributed by atoms with E-state index in [1.165, 1.54) is 23.7 Å². The van der Waals surface area contributed by atoms with Crippen LogP contribution in [0, 0.1) is 17.7 Å². The fraction of sp³-hybridized carbons (Fsp3) is 0.400. The lowest BCUT2D eigenvalue weighted by Crippen LogP contribution is -2.55. The Morgan fingerprint density at radius 3 is 2.39 bits per heavy atom. The van der Waals surface area contributed by atoms with Crippen LogP contribution in [0.3, 0.4) is 0 Å². The maximum absolute atomic E-state index is 13.6. The van der Waals surface area contributed by atoms with Gasteiger partial charge < -0.3 is 20.7 Å². The van der Waals surface area contributed by atoms with Gasteiger partial charge in [-0.3, -0.25) is 19.2 Å². The molecule has 0 spiro atoms. The zero-order valence-electron chi connectivity index (χ0n) is 17.0. The van der Waals surface area contributed by atoms with E-state index in [4.69, 9.17) is 17.3 Å². The lowest BCUT2D eigenvalue weighted by Gasteiger charge is -2.26. The zero-order chi connectivity index (χ0) is 23.6. The van der Waals surface area contributed by atoms with Crippen molar-refractivity contribution in [2.45, 2.75) is 25.9 Å². The standard InChI is InChI=1S/C20H22ClF2N3O5/c1-8(2)16(18(28)13(20(30)31)15(24)12(27)7-22)25-19(29)17-14(21)10-6-9(23)4-5-11(10)26(17)3/h4-6,8,13,15-16H,7,24H2,1-3H3,(H,25,29)(H,30,31)/t13?,15?,16-/m0/s1. The van der Waals surface area contributed by atoms with Crippen LogP contribution in [-0.2, 0) is 21.4 Å². The first-order valence-electron chi connectivity index (χ1n) is 9.27. The minimum absolute atomic E-state index is 0.0523. The molecule has 11 heteroatoms. The fourth-order valence-electron chi connectivity index (χ4n) is 3.32. The van der Waals surface area contributed by atoms with Crippen LogP contribution in [-0.4, -0.2) is 51.9 Å². The summed E-state index contributed by atoms with van der Waals surface area (Å²) in [4.78, 5) is 49.0. The number of halogens is 3. The average molecular weight is 458 g/mol. The summed E-state index contributed by atoms with van der Waals surface area (Å²) in [6.45, 7) is 1.56. The number of Topliss-reactive ketones (excluding diaryl/α,β-unsaturated/α-hetero) is 2. The van der Waals surface area contributed by atoms with Gasteiger partial charge in [-0.05, 0) is 24.1 Å². The Morgan fingerprint density at radius 1 is 1.26 bits per heavy atom. The smallest absolute Gasteiger partial charge is 0.316 e. The highest BCUT2D eigenvalue weighted by Crippen LogP contribution is 2.30. The van der Waals surface area contributed by atoms with Crippen molar-refractivity contribution >= 4 is 45.9 Å². The number of aryl methyl sites for hydroxylation is 1. The number of aromatic nitrogens is 1. The number of ketones is 2. The van der Waals surface area contributed by atoms with E-state index < -0.39 is 59.9 Å². The molecule has 2 unspecified atom stereocenters. The second kappa shape index (κ2) is 9.52. The topological polar surface area (TPSA) is 131 Å². The van der Waals surface area contributed by atoms with Crippen molar-refractivity contribution in [3.63, 3.8) is 0 Å². The molecule has 1 aromatic carbocycles. The molecule has 1 heterocycles. The number of carboxylic acids is 1. The maximum atomic E-state index is 13.6. The lowest BCUT2D eigenvalue weighted by molar-refractivity contribution is -0.150. The molecule has 2 aromatic rings. The van der Waals surface area contributed by atoms with Crippen LogP contribution in [0.4, 0.5) is 8.78 Å². The summed E-state index contributed by atoms with van der Waals surface area (Å²) in [6, 6.07) is 0.513. The normalized spacial score (nSPS) is 14.3. The highest BCUT2D eigenvalue weighted by atomic mass is 35.5. The van der Waals surface area contributed by atoms with Crippen molar-refractivity contribution in [1.29, 1.82) is 0 Å². The van der Waals surface area contributed by atoms with Crippen LogP contribution >= 0.6 is 11.6 Å². The van der Waals surface area contributed by atoms with E-state index in [2.05, 4.69) is 5.32 Å². The van der Waals surface area contributed by atoms with E-state index in [-0.39, 0.29) is 16.1 Å². The summed E-state index contributed by atoms with van der Waals surface area (Å²) in [5.74, 6) is -8.02. The van der Waals surface area contributed by atoms with Gasteiger partial charge in [0.1, 0.15) is 24.1 Å². The van der Waals surface area contributed by atoms with E-state index in [0.29, 0.717) is 5.52 Å². The Kier molecular flexibility index (Phi) is 7.50. The van der Waals surface area contributed by atoms with E-state index in [1.54, 1.807) is 13.8 Å². The first-order valence-corrected chi connectivity index (χ1v) is 9.65. The fourth-order valence-corrected chi connectivity index (χ4v) is 3.68. The van der Waals surface area contributed by atoms with Gasteiger partial charge in [-0.2, -0.15) is 0 Å². The summed E-state index contributed by atoms with van der Waals surface area (Å²) < 4.78 is 27.7. The van der Waals surface area contributed by atoms with Crippen molar-refractivity contribution in [3.8, 4) is 0 Å². The van der Waals surface area contributed by atoms with E-state index >= 15 is 0 Å². The number of hydrogen-bond acceptors (Lipinski definition) is 5. The molecular formula is C20H22ClF2N3O5. The van der Waals surface area contributed by atoms with Crippen LogP contribution in [0.15, 0.2) is 18.2 Å². The van der Waals surface area contributed by atoms with E-state index in [0.717, 1.165) is 6.07 Å². The molecule has 0 saturated heterocycles. The van der Waals surface area contributed by atoms with Gasteiger partial charge in [0.25, 0.3) is 5.91 Å². The Hall–Kier alpha value is -2.85. The minimum atomic E-state index is -2.05. The number of alkyl halides is 1. The second-order valence-corrected chi connectivity index (χ2v) is 7.80. The van der Waals surface area contributed by atoms with Crippen LogP contribution in [0.5, 0.6) is 0 Å². The molecule has 0 aliphatic rings. The highest BCUT2D eigenvalue weighted by molar-refractivity contribution is 6.39.